The Morgan fingerprint density at radius 3 is 2.41 bits per heavy atom. The van der Waals surface area contributed by atoms with E-state index in [2.05, 4.69) is 0 Å². The highest BCUT2D eigenvalue weighted by molar-refractivity contribution is 5.27. The van der Waals surface area contributed by atoms with Crippen molar-refractivity contribution in [2.75, 3.05) is 6.61 Å². The molecule has 1 N–H and O–H groups in total. The molecule has 1 aliphatic heterocycles. The standard InChI is InChI=1S/C13H16F2O2/c1-13(14,15)10-4-2-9(3-5-10)12-7-6-11(8-16)17-12/h2-5,11-12,16H,6-8H2,1H3/t11-,12+/m0/s1. The number of hydrogen-bond acceptors (Lipinski definition) is 2. The van der Waals surface area contributed by atoms with Crippen molar-refractivity contribution in [1.29, 1.82) is 0 Å². The summed E-state index contributed by atoms with van der Waals surface area (Å²) in [6, 6.07) is 6.23. The zero-order valence-electron chi connectivity index (χ0n) is 9.70. The van der Waals surface area contributed by atoms with Crippen LogP contribution in [0.15, 0.2) is 24.3 Å². The molecule has 0 saturated carbocycles. The molecule has 1 heterocycles. The van der Waals surface area contributed by atoms with Gasteiger partial charge in [0.1, 0.15) is 0 Å². The molecule has 0 aromatic heterocycles. The van der Waals surface area contributed by atoms with Crippen LogP contribution >= 0.6 is 0 Å². The van der Waals surface area contributed by atoms with Gasteiger partial charge < -0.3 is 9.84 Å². The van der Waals surface area contributed by atoms with Crippen molar-refractivity contribution in [1.82, 2.24) is 0 Å². The van der Waals surface area contributed by atoms with E-state index in [0.717, 1.165) is 25.3 Å². The molecule has 1 aromatic carbocycles. The summed E-state index contributed by atoms with van der Waals surface area (Å²) in [5, 5.41) is 8.96. The number of ether oxygens (including phenoxy) is 1. The summed E-state index contributed by atoms with van der Waals surface area (Å²) in [5.41, 5.74) is 0.909. The molecule has 0 spiro atoms. The quantitative estimate of drug-likeness (QED) is 0.882. The fraction of sp³-hybridized carbons (Fsp3) is 0.538. The lowest BCUT2D eigenvalue weighted by Crippen LogP contribution is -2.11. The molecule has 0 radical (unpaired) electrons. The van der Waals surface area contributed by atoms with Gasteiger partial charge in [-0.05, 0) is 18.4 Å². The number of halogens is 2. The molecule has 0 unspecified atom stereocenters. The molecule has 1 saturated heterocycles. The van der Waals surface area contributed by atoms with Crippen molar-refractivity contribution in [3.63, 3.8) is 0 Å². The monoisotopic (exact) mass is 242 g/mol. The average molecular weight is 242 g/mol. The maximum Gasteiger partial charge on any atom is 0.270 e. The number of alkyl halides is 2. The third-order valence-corrected chi connectivity index (χ3v) is 3.10. The zero-order valence-corrected chi connectivity index (χ0v) is 9.70. The Kier molecular flexibility index (Phi) is 3.45. The zero-order chi connectivity index (χ0) is 12.5. The topological polar surface area (TPSA) is 29.5 Å². The summed E-state index contributed by atoms with van der Waals surface area (Å²) in [6.45, 7) is 0.900. The van der Waals surface area contributed by atoms with Crippen LogP contribution in [-0.4, -0.2) is 17.8 Å². The number of aliphatic hydroxyl groups is 1. The maximum absolute atomic E-state index is 13.0. The molecule has 2 nitrogen and oxygen atoms in total. The molecule has 17 heavy (non-hydrogen) atoms. The average Bonchev–Trinajstić information content (AvgIpc) is 2.76. The van der Waals surface area contributed by atoms with Crippen molar-refractivity contribution < 1.29 is 18.6 Å². The van der Waals surface area contributed by atoms with Crippen molar-refractivity contribution >= 4 is 0 Å². The van der Waals surface area contributed by atoms with Crippen LogP contribution in [0.1, 0.15) is 37.0 Å². The third kappa shape index (κ3) is 2.82. The third-order valence-electron chi connectivity index (χ3n) is 3.10. The van der Waals surface area contributed by atoms with E-state index in [1.165, 1.54) is 12.1 Å². The van der Waals surface area contributed by atoms with E-state index in [9.17, 15) is 8.78 Å². The van der Waals surface area contributed by atoms with E-state index in [0.29, 0.717) is 0 Å². The van der Waals surface area contributed by atoms with Crippen LogP contribution in [-0.2, 0) is 10.7 Å². The minimum Gasteiger partial charge on any atom is -0.394 e. The Balaban J connectivity index is 2.09. The van der Waals surface area contributed by atoms with Crippen molar-refractivity contribution in [2.24, 2.45) is 0 Å². The summed E-state index contributed by atoms with van der Waals surface area (Å²) in [4.78, 5) is 0. The summed E-state index contributed by atoms with van der Waals surface area (Å²) < 4.78 is 31.6. The lowest BCUT2D eigenvalue weighted by atomic mass is 10.0. The van der Waals surface area contributed by atoms with Crippen molar-refractivity contribution in [2.45, 2.75) is 37.9 Å². The molecular formula is C13H16F2O2. The predicted molar refractivity (Wildman–Crippen MR) is 59.9 cm³/mol. The lowest BCUT2D eigenvalue weighted by Gasteiger charge is -2.15. The number of benzene rings is 1. The van der Waals surface area contributed by atoms with Crippen LogP contribution in [0.3, 0.4) is 0 Å². The Bertz CT molecular complexity index is 370. The van der Waals surface area contributed by atoms with Gasteiger partial charge in [0.05, 0.1) is 18.8 Å². The second-order valence-electron chi connectivity index (χ2n) is 4.52. The molecule has 1 aromatic rings. The van der Waals surface area contributed by atoms with Crippen LogP contribution in [0.4, 0.5) is 8.78 Å². The van der Waals surface area contributed by atoms with Crippen LogP contribution in [0.5, 0.6) is 0 Å². The first kappa shape index (κ1) is 12.5. The Morgan fingerprint density at radius 1 is 1.29 bits per heavy atom. The maximum atomic E-state index is 13.0. The Morgan fingerprint density at radius 2 is 1.94 bits per heavy atom. The Labute approximate surface area is 99.2 Å². The second-order valence-corrected chi connectivity index (χ2v) is 4.52. The van der Waals surface area contributed by atoms with Crippen LogP contribution in [0, 0.1) is 0 Å². The smallest absolute Gasteiger partial charge is 0.270 e. The molecule has 2 atom stereocenters. The molecule has 1 aliphatic rings. The molecular weight excluding hydrogens is 226 g/mol. The summed E-state index contributed by atoms with van der Waals surface area (Å²) >= 11 is 0. The molecule has 1 fully saturated rings. The Hall–Kier alpha value is -1.00. The van der Waals surface area contributed by atoms with Crippen LogP contribution < -0.4 is 0 Å². The molecule has 0 amide bonds. The SMILES string of the molecule is CC(F)(F)c1ccc([C@H]2CC[C@@H](CO)O2)cc1. The van der Waals surface area contributed by atoms with Gasteiger partial charge in [-0.3, -0.25) is 0 Å². The summed E-state index contributed by atoms with van der Waals surface area (Å²) in [6.07, 6.45) is 1.44. The fourth-order valence-corrected chi connectivity index (χ4v) is 2.08. The van der Waals surface area contributed by atoms with Gasteiger partial charge in [0.25, 0.3) is 5.92 Å². The van der Waals surface area contributed by atoms with Gasteiger partial charge in [-0.2, -0.15) is 0 Å². The van der Waals surface area contributed by atoms with Gasteiger partial charge in [-0.25, -0.2) is 8.78 Å². The van der Waals surface area contributed by atoms with Crippen molar-refractivity contribution in [3.05, 3.63) is 35.4 Å². The van der Waals surface area contributed by atoms with Gasteiger partial charge in [0.2, 0.25) is 0 Å². The summed E-state index contributed by atoms with van der Waals surface area (Å²) in [5.74, 6) is -2.80. The highest BCUT2D eigenvalue weighted by atomic mass is 19.3. The van der Waals surface area contributed by atoms with E-state index in [1.807, 2.05) is 0 Å². The van der Waals surface area contributed by atoms with E-state index < -0.39 is 5.92 Å². The molecule has 0 bridgehead atoms. The highest BCUT2D eigenvalue weighted by Gasteiger charge is 2.27. The lowest BCUT2D eigenvalue weighted by molar-refractivity contribution is 0.0102. The van der Waals surface area contributed by atoms with Gasteiger partial charge in [0, 0.05) is 12.5 Å². The first-order chi connectivity index (χ1) is 8.00. The van der Waals surface area contributed by atoms with E-state index in [4.69, 9.17) is 9.84 Å². The molecule has 94 valence electrons. The van der Waals surface area contributed by atoms with E-state index in [1.54, 1.807) is 12.1 Å². The van der Waals surface area contributed by atoms with Crippen LogP contribution in [0.25, 0.3) is 0 Å². The van der Waals surface area contributed by atoms with Crippen LogP contribution in [0.2, 0.25) is 0 Å². The first-order valence-corrected chi connectivity index (χ1v) is 5.75. The fourth-order valence-electron chi connectivity index (χ4n) is 2.08. The second kappa shape index (κ2) is 4.70. The molecule has 0 aliphatic carbocycles. The number of aliphatic hydroxyl groups excluding tert-OH is 1. The number of rotatable bonds is 3. The first-order valence-electron chi connectivity index (χ1n) is 5.75. The van der Waals surface area contributed by atoms with Gasteiger partial charge in [-0.1, -0.05) is 24.3 Å². The summed E-state index contributed by atoms with van der Waals surface area (Å²) in [7, 11) is 0. The normalized spacial score (nSPS) is 25.2. The predicted octanol–water partition coefficient (Wildman–Crippen LogP) is 3.01. The van der Waals surface area contributed by atoms with Gasteiger partial charge in [-0.15, -0.1) is 0 Å². The minimum absolute atomic E-state index is 0.0120. The largest absolute Gasteiger partial charge is 0.394 e. The van der Waals surface area contributed by atoms with Crippen molar-refractivity contribution in [3.8, 4) is 0 Å². The highest BCUT2D eigenvalue weighted by Crippen LogP contribution is 2.34. The van der Waals surface area contributed by atoms with Gasteiger partial charge >= 0.3 is 0 Å². The molecule has 2 rings (SSSR count). The number of hydrogen-bond donors (Lipinski definition) is 1. The van der Waals surface area contributed by atoms with Gasteiger partial charge in [0.15, 0.2) is 0 Å². The molecule has 4 heteroatoms. The van der Waals surface area contributed by atoms with E-state index in [-0.39, 0.29) is 24.4 Å². The van der Waals surface area contributed by atoms with E-state index >= 15 is 0 Å². The minimum atomic E-state index is -2.80.